The highest BCUT2D eigenvalue weighted by molar-refractivity contribution is 5.81. The number of rotatable bonds is 1. The van der Waals surface area contributed by atoms with Crippen LogP contribution in [0.1, 0.15) is 37.2 Å². The molecule has 78 valence electrons. The summed E-state index contributed by atoms with van der Waals surface area (Å²) in [5.74, 6) is 0.597. The van der Waals surface area contributed by atoms with Gasteiger partial charge in [0, 0.05) is 17.6 Å². The van der Waals surface area contributed by atoms with Gasteiger partial charge < -0.3 is 4.90 Å². The summed E-state index contributed by atoms with van der Waals surface area (Å²) in [6, 6.07) is 8.80. The highest BCUT2D eigenvalue weighted by Crippen LogP contribution is 2.46. The molecular formula is C13H15NO. The van der Waals surface area contributed by atoms with E-state index < -0.39 is 0 Å². The Bertz CT molecular complexity index is 388. The Hall–Kier alpha value is -1.31. The van der Waals surface area contributed by atoms with Crippen LogP contribution in [0.4, 0.5) is 5.69 Å². The maximum absolute atomic E-state index is 11.2. The minimum Gasteiger partial charge on any atom is -0.311 e. The number of anilines is 1. The average Bonchev–Trinajstić information content (AvgIpc) is 2.63. The highest BCUT2D eigenvalue weighted by Gasteiger charge is 2.39. The van der Waals surface area contributed by atoms with E-state index in [1.807, 2.05) is 11.0 Å². The summed E-state index contributed by atoms with van der Waals surface area (Å²) in [4.78, 5) is 13.1. The van der Waals surface area contributed by atoms with Crippen molar-refractivity contribution in [2.45, 2.75) is 37.6 Å². The third-order valence-electron chi connectivity index (χ3n) is 3.81. The van der Waals surface area contributed by atoms with E-state index >= 15 is 0 Å². The number of nitrogens with zero attached hydrogens (tertiary/aromatic N) is 1. The lowest BCUT2D eigenvalue weighted by Gasteiger charge is -2.29. The minimum absolute atomic E-state index is 0.439. The van der Waals surface area contributed by atoms with Gasteiger partial charge in [0.05, 0.1) is 0 Å². The molecule has 0 unspecified atom stereocenters. The fourth-order valence-electron chi connectivity index (χ4n) is 3.16. The third-order valence-corrected chi connectivity index (χ3v) is 3.81. The van der Waals surface area contributed by atoms with Crippen molar-refractivity contribution in [3.8, 4) is 0 Å². The van der Waals surface area contributed by atoms with Crippen LogP contribution in [0, 0.1) is 0 Å². The predicted molar refractivity (Wildman–Crippen MR) is 60.0 cm³/mol. The SMILES string of the molecule is O=CN1c2ccccc2[C@@H]2CCCC[C@@H]21. The van der Waals surface area contributed by atoms with Crippen LogP contribution in [0.15, 0.2) is 24.3 Å². The summed E-state index contributed by atoms with van der Waals surface area (Å²) >= 11 is 0. The summed E-state index contributed by atoms with van der Waals surface area (Å²) in [5, 5.41) is 0. The van der Waals surface area contributed by atoms with E-state index in [0.29, 0.717) is 12.0 Å². The molecule has 2 nitrogen and oxygen atoms in total. The van der Waals surface area contributed by atoms with Crippen LogP contribution >= 0.6 is 0 Å². The van der Waals surface area contributed by atoms with Crippen molar-refractivity contribution < 1.29 is 4.79 Å². The zero-order valence-electron chi connectivity index (χ0n) is 8.73. The first-order valence-electron chi connectivity index (χ1n) is 5.74. The number of carbonyl (C=O) groups excluding carboxylic acids is 1. The molecule has 0 aromatic heterocycles. The first kappa shape index (κ1) is 8.96. The van der Waals surface area contributed by atoms with Crippen LogP contribution in [0.3, 0.4) is 0 Å². The van der Waals surface area contributed by atoms with Crippen LogP contribution < -0.4 is 4.90 Å². The number of amides is 1. The summed E-state index contributed by atoms with van der Waals surface area (Å²) in [6.45, 7) is 0. The van der Waals surface area contributed by atoms with Crippen LogP contribution in [-0.4, -0.2) is 12.5 Å². The molecule has 1 aliphatic carbocycles. The molecule has 1 aromatic carbocycles. The number of fused-ring (bicyclic) bond motifs is 3. The van der Waals surface area contributed by atoms with Crippen molar-refractivity contribution in [1.82, 2.24) is 0 Å². The lowest BCUT2D eigenvalue weighted by atomic mass is 9.82. The molecule has 0 N–H and O–H groups in total. The van der Waals surface area contributed by atoms with Gasteiger partial charge in [0.15, 0.2) is 0 Å². The molecule has 2 heteroatoms. The molecule has 0 spiro atoms. The lowest BCUT2D eigenvalue weighted by Crippen LogP contribution is -2.34. The molecule has 1 aromatic rings. The van der Waals surface area contributed by atoms with Gasteiger partial charge in [0.25, 0.3) is 0 Å². The van der Waals surface area contributed by atoms with Crippen LogP contribution in [0.5, 0.6) is 0 Å². The molecule has 1 aliphatic heterocycles. The van der Waals surface area contributed by atoms with Crippen LogP contribution in [0.25, 0.3) is 0 Å². The average molecular weight is 201 g/mol. The van der Waals surface area contributed by atoms with Gasteiger partial charge >= 0.3 is 0 Å². The Morgan fingerprint density at radius 2 is 2.00 bits per heavy atom. The largest absolute Gasteiger partial charge is 0.311 e. The summed E-state index contributed by atoms with van der Waals surface area (Å²) in [7, 11) is 0. The van der Waals surface area contributed by atoms with Crippen molar-refractivity contribution >= 4 is 12.1 Å². The van der Waals surface area contributed by atoms with Crippen molar-refractivity contribution in [3.63, 3.8) is 0 Å². The third kappa shape index (κ3) is 1.21. The fraction of sp³-hybridized carbons (Fsp3) is 0.462. The molecule has 2 atom stereocenters. The van der Waals surface area contributed by atoms with Crippen molar-refractivity contribution in [2.24, 2.45) is 0 Å². The van der Waals surface area contributed by atoms with E-state index in [-0.39, 0.29) is 0 Å². The van der Waals surface area contributed by atoms with Gasteiger partial charge in [-0.1, -0.05) is 31.0 Å². The highest BCUT2D eigenvalue weighted by atomic mass is 16.1. The molecule has 1 fully saturated rings. The van der Waals surface area contributed by atoms with Gasteiger partial charge in [0.2, 0.25) is 6.41 Å². The monoisotopic (exact) mass is 201 g/mol. The second-order valence-corrected chi connectivity index (χ2v) is 4.53. The maximum atomic E-state index is 11.2. The normalized spacial score (nSPS) is 28.4. The van der Waals surface area contributed by atoms with Gasteiger partial charge in [-0.05, 0) is 24.5 Å². The lowest BCUT2D eigenvalue weighted by molar-refractivity contribution is -0.107. The predicted octanol–water partition coefficient (Wildman–Crippen LogP) is 2.69. The zero-order valence-corrected chi connectivity index (χ0v) is 8.73. The molecule has 3 rings (SSSR count). The fourth-order valence-corrected chi connectivity index (χ4v) is 3.16. The maximum Gasteiger partial charge on any atom is 0.214 e. The molecule has 0 saturated heterocycles. The van der Waals surface area contributed by atoms with Crippen molar-refractivity contribution in [3.05, 3.63) is 29.8 Å². The van der Waals surface area contributed by atoms with E-state index in [4.69, 9.17) is 0 Å². The Labute approximate surface area is 89.9 Å². The van der Waals surface area contributed by atoms with Crippen LogP contribution in [0.2, 0.25) is 0 Å². The van der Waals surface area contributed by atoms with E-state index in [9.17, 15) is 4.79 Å². The van der Waals surface area contributed by atoms with Gasteiger partial charge in [-0.3, -0.25) is 4.79 Å². The molecule has 0 bridgehead atoms. The second-order valence-electron chi connectivity index (χ2n) is 4.53. The summed E-state index contributed by atoms with van der Waals surface area (Å²) in [6.07, 6.45) is 5.99. The number of carbonyl (C=O) groups is 1. The Balaban J connectivity index is 2.08. The van der Waals surface area contributed by atoms with Crippen molar-refractivity contribution in [1.29, 1.82) is 0 Å². The van der Waals surface area contributed by atoms with Gasteiger partial charge in [-0.2, -0.15) is 0 Å². The molecular weight excluding hydrogens is 186 g/mol. The number of para-hydroxylation sites is 1. The summed E-state index contributed by atoms with van der Waals surface area (Å²) < 4.78 is 0. The standard InChI is InChI=1S/C13H15NO/c15-9-14-12-7-3-1-5-10(12)11-6-2-4-8-13(11)14/h1,3,5,7,9,11,13H,2,4,6,8H2/t11-,13-/m0/s1. The smallest absolute Gasteiger partial charge is 0.214 e. The van der Waals surface area contributed by atoms with Gasteiger partial charge in [-0.15, -0.1) is 0 Å². The first-order chi connectivity index (χ1) is 7.42. The number of hydrogen-bond donors (Lipinski definition) is 0. The Morgan fingerprint density at radius 1 is 1.20 bits per heavy atom. The molecule has 1 saturated carbocycles. The molecule has 2 aliphatic rings. The Morgan fingerprint density at radius 3 is 2.87 bits per heavy atom. The second kappa shape index (κ2) is 3.37. The van der Waals surface area contributed by atoms with E-state index in [1.54, 1.807) is 0 Å². The first-order valence-corrected chi connectivity index (χ1v) is 5.74. The molecule has 0 radical (unpaired) electrons. The minimum atomic E-state index is 0.439. The van der Waals surface area contributed by atoms with E-state index in [1.165, 1.54) is 24.8 Å². The summed E-state index contributed by atoms with van der Waals surface area (Å²) in [5.41, 5.74) is 2.53. The topological polar surface area (TPSA) is 20.3 Å². The van der Waals surface area contributed by atoms with Gasteiger partial charge in [0.1, 0.15) is 0 Å². The zero-order chi connectivity index (χ0) is 10.3. The van der Waals surface area contributed by atoms with Crippen LogP contribution in [-0.2, 0) is 4.79 Å². The van der Waals surface area contributed by atoms with E-state index in [0.717, 1.165) is 18.5 Å². The number of hydrogen-bond acceptors (Lipinski definition) is 1. The molecule has 1 heterocycles. The van der Waals surface area contributed by atoms with E-state index in [2.05, 4.69) is 18.2 Å². The quantitative estimate of drug-likeness (QED) is 0.640. The van der Waals surface area contributed by atoms with Gasteiger partial charge in [-0.25, -0.2) is 0 Å². The number of benzene rings is 1. The Kier molecular flexibility index (Phi) is 2.01. The molecule has 1 amide bonds. The van der Waals surface area contributed by atoms with Crippen molar-refractivity contribution in [2.75, 3.05) is 4.90 Å². The molecule has 15 heavy (non-hydrogen) atoms.